The summed E-state index contributed by atoms with van der Waals surface area (Å²) in [7, 11) is 1.83. The molecule has 0 bridgehead atoms. The second-order valence-corrected chi connectivity index (χ2v) is 4.22. The first-order chi connectivity index (χ1) is 7.02. The Bertz CT molecular complexity index is 213. The van der Waals surface area contributed by atoms with E-state index in [4.69, 9.17) is 9.84 Å². The number of carboxylic acids is 1. The lowest BCUT2D eigenvalue weighted by atomic mass is 9.94. The molecule has 0 unspecified atom stereocenters. The van der Waals surface area contributed by atoms with Crippen LogP contribution in [0.5, 0.6) is 0 Å². The molecule has 5 nitrogen and oxygen atoms in total. The Kier molecular flexibility index (Phi) is 4.50. The topological polar surface area (TPSA) is 70.0 Å². The molecule has 1 saturated heterocycles. The quantitative estimate of drug-likeness (QED) is 0.675. The Labute approximate surface area is 89.6 Å². The number of hydrogen-bond acceptors (Lipinski definition) is 4. The van der Waals surface area contributed by atoms with Crippen molar-refractivity contribution in [2.45, 2.75) is 24.9 Å². The minimum absolute atomic E-state index is 0.114. The van der Waals surface area contributed by atoms with Gasteiger partial charge in [-0.15, -0.1) is 0 Å². The zero-order valence-electron chi connectivity index (χ0n) is 9.11. The maximum absolute atomic E-state index is 10.4. The SMILES string of the molecule is CN(CCC(=O)O)CC1(O)CCOCC1. The van der Waals surface area contributed by atoms with Crippen molar-refractivity contribution in [2.24, 2.45) is 0 Å². The van der Waals surface area contributed by atoms with Crippen LogP contribution in [0.1, 0.15) is 19.3 Å². The summed E-state index contributed by atoms with van der Waals surface area (Å²) in [5, 5.41) is 18.7. The van der Waals surface area contributed by atoms with Crippen LogP contribution in [0.2, 0.25) is 0 Å². The fraction of sp³-hybridized carbons (Fsp3) is 0.900. The van der Waals surface area contributed by atoms with Gasteiger partial charge in [0.15, 0.2) is 0 Å². The summed E-state index contributed by atoms with van der Waals surface area (Å²) in [6.07, 6.45) is 1.37. The summed E-state index contributed by atoms with van der Waals surface area (Å²) in [6.45, 7) is 2.16. The molecule has 0 atom stereocenters. The second-order valence-electron chi connectivity index (χ2n) is 4.22. The molecule has 0 aromatic carbocycles. The van der Waals surface area contributed by atoms with Crippen molar-refractivity contribution in [3.8, 4) is 0 Å². The number of hydrogen-bond donors (Lipinski definition) is 2. The molecule has 0 aromatic heterocycles. The summed E-state index contributed by atoms with van der Waals surface area (Å²) in [5.41, 5.74) is -0.703. The molecule has 1 heterocycles. The lowest BCUT2D eigenvalue weighted by Gasteiger charge is -2.35. The highest BCUT2D eigenvalue weighted by Gasteiger charge is 2.30. The first kappa shape index (κ1) is 12.4. The molecule has 0 amide bonds. The molecule has 0 saturated carbocycles. The molecular weight excluding hydrogens is 198 g/mol. The van der Waals surface area contributed by atoms with E-state index in [9.17, 15) is 9.90 Å². The van der Waals surface area contributed by atoms with Gasteiger partial charge in [0.05, 0.1) is 12.0 Å². The molecule has 0 spiro atoms. The second kappa shape index (κ2) is 5.44. The summed E-state index contributed by atoms with van der Waals surface area (Å²) >= 11 is 0. The first-order valence-corrected chi connectivity index (χ1v) is 5.22. The molecule has 1 aliphatic rings. The van der Waals surface area contributed by atoms with Gasteiger partial charge in [0.1, 0.15) is 0 Å². The van der Waals surface area contributed by atoms with Crippen LogP contribution in [0.15, 0.2) is 0 Å². The molecule has 88 valence electrons. The largest absolute Gasteiger partial charge is 0.481 e. The molecule has 0 aromatic rings. The van der Waals surface area contributed by atoms with E-state index >= 15 is 0 Å². The third kappa shape index (κ3) is 4.59. The van der Waals surface area contributed by atoms with E-state index in [0.29, 0.717) is 39.1 Å². The summed E-state index contributed by atoms with van der Waals surface area (Å²) in [5.74, 6) is -0.805. The van der Waals surface area contributed by atoms with Crippen LogP contribution < -0.4 is 0 Å². The van der Waals surface area contributed by atoms with Gasteiger partial charge in [0.25, 0.3) is 0 Å². The van der Waals surface area contributed by atoms with Crippen molar-refractivity contribution >= 4 is 5.97 Å². The van der Waals surface area contributed by atoms with Gasteiger partial charge in [-0.25, -0.2) is 0 Å². The normalized spacial score (nSPS) is 20.5. The maximum atomic E-state index is 10.4. The van der Waals surface area contributed by atoms with Crippen molar-refractivity contribution < 1.29 is 19.7 Å². The van der Waals surface area contributed by atoms with E-state index in [-0.39, 0.29) is 6.42 Å². The zero-order chi connectivity index (χ0) is 11.3. The van der Waals surface area contributed by atoms with Crippen LogP contribution >= 0.6 is 0 Å². The standard InChI is InChI=1S/C10H19NO4/c1-11(5-2-9(12)13)8-10(14)3-6-15-7-4-10/h14H,2-8H2,1H3,(H,12,13). The Hall–Kier alpha value is -0.650. The number of carbonyl (C=O) groups is 1. The molecule has 1 fully saturated rings. The molecule has 0 radical (unpaired) electrons. The fourth-order valence-corrected chi connectivity index (χ4v) is 1.78. The molecule has 0 aliphatic carbocycles. The van der Waals surface area contributed by atoms with Gasteiger partial charge in [-0.05, 0) is 7.05 Å². The number of rotatable bonds is 5. The fourth-order valence-electron chi connectivity index (χ4n) is 1.78. The number of aliphatic hydroxyl groups is 1. The molecule has 15 heavy (non-hydrogen) atoms. The van der Waals surface area contributed by atoms with Crippen LogP contribution in [0.25, 0.3) is 0 Å². The molecule has 1 rings (SSSR count). The van der Waals surface area contributed by atoms with Crippen molar-refractivity contribution in [1.82, 2.24) is 4.90 Å². The van der Waals surface area contributed by atoms with Gasteiger partial charge >= 0.3 is 5.97 Å². The maximum Gasteiger partial charge on any atom is 0.304 e. The predicted octanol–water partition coefficient (Wildman–Crippen LogP) is -0.0656. The zero-order valence-corrected chi connectivity index (χ0v) is 9.11. The number of likely N-dealkylation sites (N-methyl/N-ethyl adjacent to an activating group) is 1. The van der Waals surface area contributed by atoms with Crippen molar-refractivity contribution in [3.05, 3.63) is 0 Å². The highest BCUT2D eigenvalue weighted by molar-refractivity contribution is 5.66. The third-order valence-electron chi connectivity index (χ3n) is 2.70. The van der Waals surface area contributed by atoms with Crippen molar-refractivity contribution in [2.75, 3.05) is 33.4 Å². The van der Waals surface area contributed by atoms with E-state index in [1.165, 1.54) is 0 Å². The Balaban J connectivity index is 2.28. The first-order valence-electron chi connectivity index (χ1n) is 5.22. The van der Waals surface area contributed by atoms with Crippen LogP contribution in [0.4, 0.5) is 0 Å². The third-order valence-corrected chi connectivity index (χ3v) is 2.70. The summed E-state index contributed by atoms with van der Waals surface area (Å²) in [4.78, 5) is 12.2. The minimum Gasteiger partial charge on any atom is -0.481 e. The highest BCUT2D eigenvalue weighted by atomic mass is 16.5. The van der Waals surface area contributed by atoms with Gasteiger partial charge in [0.2, 0.25) is 0 Å². The van der Waals surface area contributed by atoms with E-state index < -0.39 is 11.6 Å². The molecule has 5 heteroatoms. The van der Waals surface area contributed by atoms with E-state index in [1.807, 2.05) is 11.9 Å². The molecule has 1 aliphatic heterocycles. The lowest BCUT2D eigenvalue weighted by molar-refractivity contribution is -0.137. The predicted molar refractivity (Wildman–Crippen MR) is 54.8 cm³/mol. The van der Waals surface area contributed by atoms with Gasteiger partial charge < -0.3 is 19.8 Å². The molecule has 2 N–H and O–H groups in total. The van der Waals surface area contributed by atoms with Crippen LogP contribution in [-0.4, -0.2) is 60.0 Å². The van der Waals surface area contributed by atoms with Gasteiger partial charge in [0, 0.05) is 39.1 Å². The monoisotopic (exact) mass is 217 g/mol. The van der Waals surface area contributed by atoms with Crippen LogP contribution in [0, 0.1) is 0 Å². The van der Waals surface area contributed by atoms with E-state index in [2.05, 4.69) is 0 Å². The average Bonchev–Trinajstić information content (AvgIpc) is 2.15. The van der Waals surface area contributed by atoms with Gasteiger partial charge in [-0.2, -0.15) is 0 Å². The van der Waals surface area contributed by atoms with Crippen LogP contribution in [-0.2, 0) is 9.53 Å². The van der Waals surface area contributed by atoms with Gasteiger partial charge in [-0.3, -0.25) is 4.79 Å². The smallest absolute Gasteiger partial charge is 0.304 e. The molecular formula is C10H19NO4. The summed E-state index contributed by atoms with van der Waals surface area (Å²) < 4.78 is 5.17. The average molecular weight is 217 g/mol. The highest BCUT2D eigenvalue weighted by Crippen LogP contribution is 2.21. The number of aliphatic carboxylic acids is 1. The van der Waals surface area contributed by atoms with E-state index in [1.54, 1.807) is 0 Å². The van der Waals surface area contributed by atoms with Crippen molar-refractivity contribution in [1.29, 1.82) is 0 Å². The minimum atomic E-state index is -0.805. The Morgan fingerprint density at radius 3 is 2.60 bits per heavy atom. The number of nitrogens with zero attached hydrogens (tertiary/aromatic N) is 1. The number of carboxylic acid groups (broad SMARTS) is 1. The summed E-state index contributed by atoms with van der Waals surface area (Å²) in [6, 6.07) is 0. The Morgan fingerprint density at radius 1 is 1.47 bits per heavy atom. The van der Waals surface area contributed by atoms with Gasteiger partial charge in [-0.1, -0.05) is 0 Å². The van der Waals surface area contributed by atoms with Crippen molar-refractivity contribution in [3.63, 3.8) is 0 Å². The van der Waals surface area contributed by atoms with Crippen LogP contribution in [0.3, 0.4) is 0 Å². The number of ether oxygens (including phenoxy) is 1. The lowest BCUT2D eigenvalue weighted by Crippen LogP contribution is -2.46. The van der Waals surface area contributed by atoms with E-state index in [0.717, 1.165) is 0 Å². The Morgan fingerprint density at radius 2 is 2.07 bits per heavy atom.